The molecule has 0 radical (unpaired) electrons. The molecule has 4 atom stereocenters. The van der Waals surface area contributed by atoms with E-state index < -0.39 is 78.4 Å². The van der Waals surface area contributed by atoms with Gasteiger partial charge in [-0.15, -0.1) is 0 Å². The molecular formula is C24H32N8O8. The molecule has 40 heavy (non-hydrogen) atoms. The number of nitrogens with one attached hydrogen (secondary N) is 4. The zero-order valence-electron chi connectivity index (χ0n) is 21.3. The van der Waals surface area contributed by atoms with Crippen LogP contribution >= 0.6 is 0 Å². The Labute approximate surface area is 227 Å². The van der Waals surface area contributed by atoms with Crippen LogP contribution in [0.3, 0.4) is 0 Å². The van der Waals surface area contributed by atoms with Crippen molar-refractivity contribution >= 4 is 52.3 Å². The van der Waals surface area contributed by atoms with E-state index in [1.54, 1.807) is 30.5 Å². The molecule has 4 unspecified atom stereocenters. The summed E-state index contributed by atoms with van der Waals surface area (Å²) >= 11 is 0. The number of amides is 6. The molecule has 1 heterocycles. The van der Waals surface area contributed by atoms with Gasteiger partial charge < -0.3 is 49.0 Å². The maximum atomic E-state index is 13.4. The van der Waals surface area contributed by atoms with Gasteiger partial charge in [-0.2, -0.15) is 0 Å². The number of primary amides is 3. The topological polar surface area (TPSA) is 296 Å². The number of carboxylic acids is 1. The summed E-state index contributed by atoms with van der Waals surface area (Å²) in [6.45, 7) is 0. The van der Waals surface area contributed by atoms with Crippen LogP contribution in [0.2, 0.25) is 0 Å². The fourth-order valence-corrected chi connectivity index (χ4v) is 3.82. The fraction of sp³-hybridized carbons (Fsp3) is 0.375. The Kier molecular flexibility index (Phi) is 11.1. The molecule has 13 N–H and O–H groups in total. The highest BCUT2D eigenvalue weighted by molar-refractivity contribution is 5.96. The highest BCUT2D eigenvalue weighted by Crippen LogP contribution is 2.19. The number of hydrogen-bond donors (Lipinski definition) is 9. The lowest BCUT2D eigenvalue weighted by atomic mass is 10.0. The molecule has 16 nitrogen and oxygen atoms in total. The number of aromatic amines is 1. The maximum Gasteiger partial charge on any atom is 0.326 e. The Bertz CT molecular complexity index is 1290. The van der Waals surface area contributed by atoms with Crippen molar-refractivity contribution in [1.29, 1.82) is 0 Å². The van der Waals surface area contributed by atoms with E-state index in [0.717, 1.165) is 10.9 Å². The predicted molar refractivity (Wildman–Crippen MR) is 139 cm³/mol. The Morgan fingerprint density at radius 2 is 1.35 bits per heavy atom. The molecule has 0 fully saturated rings. The Hall–Kier alpha value is -4.99. The van der Waals surface area contributed by atoms with Crippen LogP contribution in [0.4, 0.5) is 0 Å². The quantitative estimate of drug-likeness (QED) is 0.0986. The number of fused-ring (bicyclic) bond motifs is 1. The number of rotatable bonds is 16. The number of benzene rings is 1. The molecule has 0 saturated heterocycles. The van der Waals surface area contributed by atoms with Gasteiger partial charge in [0.2, 0.25) is 35.4 Å². The van der Waals surface area contributed by atoms with Gasteiger partial charge >= 0.3 is 5.97 Å². The highest BCUT2D eigenvalue weighted by atomic mass is 16.4. The molecule has 0 spiro atoms. The minimum atomic E-state index is -1.70. The Morgan fingerprint density at radius 1 is 0.775 bits per heavy atom. The fourth-order valence-electron chi connectivity index (χ4n) is 3.82. The molecule has 2 aromatic rings. The number of para-hydroxylation sites is 1. The molecule has 16 heteroatoms. The minimum absolute atomic E-state index is 0.0888. The largest absolute Gasteiger partial charge is 0.480 e. The number of nitrogens with two attached hydrogens (primary N) is 4. The van der Waals surface area contributed by atoms with E-state index in [1.165, 1.54) is 0 Å². The standard InChI is InChI=1S/C24H32N8O8/c25-13(8-19(27)34)21(36)31-16(7-11-10-29-14-4-2-1-3-12(11)14)23(38)30-15(5-6-18(26)33)22(37)32-17(24(39)40)9-20(28)35/h1-4,10,13,15-17,29H,5-9,25H2,(H2,26,33)(H2,27,34)(H2,28,35)(H,30,38)(H,31,36)(H,32,37)(H,39,40). The van der Waals surface area contributed by atoms with Crippen molar-refractivity contribution in [3.05, 3.63) is 36.0 Å². The molecule has 1 aromatic carbocycles. The number of aromatic nitrogens is 1. The van der Waals surface area contributed by atoms with Gasteiger partial charge in [-0.25, -0.2) is 4.79 Å². The summed E-state index contributed by atoms with van der Waals surface area (Å²) in [6, 6.07) is 1.25. The first-order valence-electron chi connectivity index (χ1n) is 12.1. The first-order valence-corrected chi connectivity index (χ1v) is 12.1. The first-order chi connectivity index (χ1) is 18.8. The van der Waals surface area contributed by atoms with Crippen LogP contribution in [-0.4, -0.2) is 75.7 Å². The summed E-state index contributed by atoms with van der Waals surface area (Å²) in [5.41, 5.74) is 22.4. The van der Waals surface area contributed by atoms with E-state index in [-0.39, 0.29) is 19.3 Å². The predicted octanol–water partition coefficient (Wildman–Crippen LogP) is -3.41. The van der Waals surface area contributed by atoms with Gasteiger partial charge in [-0.1, -0.05) is 18.2 Å². The van der Waals surface area contributed by atoms with Crippen molar-refractivity contribution in [1.82, 2.24) is 20.9 Å². The average Bonchev–Trinajstić information content (AvgIpc) is 3.27. The second kappa shape index (κ2) is 14.2. The number of H-pyrrole nitrogens is 1. The second-order valence-corrected chi connectivity index (χ2v) is 9.04. The lowest BCUT2D eigenvalue weighted by molar-refractivity contribution is -0.144. The van der Waals surface area contributed by atoms with Gasteiger partial charge in [0.05, 0.1) is 18.9 Å². The Balaban J connectivity index is 2.33. The van der Waals surface area contributed by atoms with Crippen LogP contribution in [0.1, 0.15) is 31.2 Å². The van der Waals surface area contributed by atoms with E-state index in [4.69, 9.17) is 22.9 Å². The molecule has 216 valence electrons. The van der Waals surface area contributed by atoms with Crippen LogP contribution in [-0.2, 0) is 40.0 Å². The third-order valence-electron chi connectivity index (χ3n) is 5.82. The van der Waals surface area contributed by atoms with E-state index >= 15 is 0 Å². The van der Waals surface area contributed by atoms with Crippen LogP contribution in [0, 0.1) is 0 Å². The zero-order valence-corrected chi connectivity index (χ0v) is 21.3. The third kappa shape index (κ3) is 9.39. The smallest absolute Gasteiger partial charge is 0.326 e. The van der Waals surface area contributed by atoms with Crippen LogP contribution in [0.25, 0.3) is 10.9 Å². The van der Waals surface area contributed by atoms with Crippen molar-refractivity contribution < 1.29 is 38.7 Å². The molecule has 0 aliphatic rings. The molecule has 6 amide bonds. The van der Waals surface area contributed by atoms with Crippen molar-refractivity contribution in [3.63, 3.8) is 0 Å². The van der Waals surface area contributed by atoms with E-state index in [1.807, 2.05) is 0 Å². The number of carbonyl (C=O) groups excluding carboxylic acids is 6. The number of hydrogen-bond acceptors (Lipinski definition) is 8. The van der Waals surface area contributed by atoms with Crippen molar-refractivity contribution in [2.45, 2.75) is 56.3 Å². The first kappa shape index (κ1) is 31.2. The average molecular weight is 561 g/mol. The second-order valence-electron chi connectivity index (χ2n) is 9.04. The maximum absolute atomic E-state index is 13.4. The molecule has 0 aliphatic carbocycles. The molecular weight excluding hydrogens is 528 g/mol. The summed E-state index contributed by atoms with van der Waals surface area (Å²) in [5.74, 6) is -7.00. The van der Waals surface area contributed by atoms with E-state index in [0.29, 0.717) is 5.56 Å². The SMILES string of the molecule is NC(=O)CCC(NC(=O)C(Cc1c[nH]c2ccccc12)NC(=O)C(N)CC(N)=O)C(=O)NC(CC(N)=O)C(=O)O. The number of carboxylic acid groups (broad SMARTS) is 1. The summed E-state index contributed by atoms with van der Waals surface area (Å²) < 4.78 is 0. The summed E-state index contributed by atoms with van der Waals surface area (Å²) in [6.07, 6.45) is -0.380. The number of carbonyl (C=O) groups is 7. The molecule has 1 aromatic heterocycles. The van der Waals surface area contributed by atoms with Crippen LogP contribution < -0.4 is 38.9 Å². The van der Waals surface area contributed by atoms with Gasteiger partial charge in [-0.3, -0.25) is 28.8 Å². The lowest BCUT2D eigenvalue weighted by Gasteiger charge is -2.25. The highest BCUT2D eigenvalue weighted by Gasteiger charge is 2.31. The van der Waals surface area contributed by atoms with Crippen LogP contribution in [0.15, 0.2) is 30.5 Å². The van der Waals surface area contributed by atoms with Gasteiger partial charge in [0.1, 0.15) is 18.1 Å². The zero-order chi connectivity index (χ0) is 30.0. The van der Waals surface area contributed by atoms with E-state index in [2.05, 4.69) is 20.9 Å². The molecule has 0 saturated carbocycles. The van der Waals surface area contributed by atoms with E-state index in [9.17, 15) is 38.7 Å². The summed E-state index contributed by atoms with van der Waals surface area (Å²) in [7, 11) is 0. The third-order valence-corrected chi connectivity index (χ3v) is 5.82. The van der Waals surface area contributed by atoms with Crippen molar-refractivity contribution in [2.75, 3.05) is 0 Å². The van der Waals surface area contributed by atoms with Gasteiger partial charge in [0, 0.05) is 29.9 Å². The number of aliphatic carboxylic acids is 1. The van der Waals surface area contributed by atoms with Crippen LogP contribution in [0.5, 0.6) is 0 Å². The van der Waals surface area contributed by atoms with Gasteiger partial charge in [0.25, 0.3) is 0 Å². The summed E-state index contributed by atoms with van der Waals surface area (Å²) in [4.78, 5) is 87.2. The Morgan fingerprint density at radius 3 is 1.95 bits per heavy atom. The van der Waals surface area contributed by atoms with Gasteiger partial charge in [0.15, 0.2) is 0 Å². The monoisotopic (exact) mass is 560 g/mol. The van der Waals surface area contributed by atoms with Gasteiger partial charge in [-0.05, 0) is 18.1 Å². The minimum Gasteiger partial charge on any atom is -0.480 e. The molecule has 0 aliphatic heterocycles. The van der Waals surface area contributed by atoms with Crippen molar-refractivity contribution in [3.8, 4) is 0 Å². The lowest BCUT2D eigenvalue weighted by Crippen LogP contribution is -2.58. The molecule has 0 bridgehead atoms. The normalized spacial score (nSPS) is 13.8. The molecule has 2 rings (SSSR count). The summed E-state index contributed by atoms with van der Waals surface area (Å²) in [5, 5.41) is 17.0. The van der Waals surface area contributed by atoms with Crippen molar-refractivity contribution in [2.24, 2.45) is 22.9 Å².